The van der Waals surface area contributed by atoms with Gasteiger partial charge in [-0.2, -0.15) is 0 Å². The van der Waals surface area contributed by atoms with E-state index in [-0.39, 0.29) is 11.9 Å². The second-order valence-electron chi connectivity index (χ2n) is 8.05. The van der Waals surface area contributed by atoms with Crippen molar-refractivity contribution >= 4 is 23.3 Å². The Morgan fingerprint density at radius 2 is 1.24 bits per heavy atom. The Bertz CT molecular complexity index is 1220. The molecular weight excluding hydrogens is 436 g/mol. The number of hydrogen-bond acceptors (Lipinski definition) is 8. The Balaban J connectivity index is 1.34. The van der Waals surface area contributed by atoms with Crippen LogP contribution in [0.1, 0.15) is 31.8 Å². The number of benzene rings is 3. The molecule has 2 aliphatic rings. The minimum absolute atomic E-state index is 0.358. The number of fused-ring (bicyclic) bond motifs is 3. The minimum atomic E-state index is -0.362. The summed E-state index contributed by atoms with van der Waals surface area (Å²) in [5.41, 5.74) is 4.98. The second-order valence-corrected chi connectivity index (χ2v) is 8.05. The molecular formula is C26H24N2O6. The Morgan fingerprint density at radius 1 is 0.706 bits per heavy atom. The fourth-order valence-electron chi connectivity index (χ4n) is 4.21. The molecule has 0 saturated heterocycles. The summed E-state index contributed by atoms with van der Waals surface area (Å²) in [5.74, 6) is 0.939. The fourth-order valence-corrected chi connectivity index (χ4v) is 4.21. The number of ether oxygens (including phenoxy) is 4. The van der Waals surface area contributed by atoms with Gasteiger partial charge in [0, 0.05) is 23.5 Å². The van der Waals surface area contributed by atoms with Crippen LogP contribution in [0, 0.1) is 0 Å². The number of hydrogen-bond donors (Lipinski definition) is 0. The fraction of sp³-hybridized carbons (Fsp3) is 0.231. The van der Waals surface area contributed by atoms with E-state index in [4.69, 9.17) is 18.9 Å². The van der Waals surface area contributed by atoms with Crippen molar-refractivity contribution in [1.82, 2.24) is 0 Å². The minimum Gasteiger partial charge on any atom is -0.473 e. The van der Waals surface area contributed by atoms with E-state index >= 15 is 0 Å². The predicted octanol–water partition coefficient (Wildman–Crippen LogP) is 3.97. The van der Waals surface area contributed by atoms with Crippen LogP contribution >= 0.6 is 0 Å². The maximum atomic E-state index is 11.7. The molecule has 0 aromatic heterocycles. The number of carbonyl (C=O) groups is 2. The molecule has 174 valence electrons. The van der Waals surface area contributed by atoms with Gasteiger partial charge in [-0.15, -0.1) is 0 Å². The summed E-state index contributed by atoms with van der Waals surface area (Å²) in [6, 6.07) is 18.6. The van der Waals surface area contributed by atoms with Crippen LogP contribution in [0.4, 0.5) is 11.4 Å². The van der Waals surface area contributed by atoms with Gasteiger partial charge in [-0.05, 0) is 60.7 Å². The molecule has 0 saturated carbocycles. The van der Waals surface area contributed by atoms with Crippen molar-refractivity contribution in [3.63, 3.8) is 0 Å². The molecule has 0 atom stereocenters. The molecule has 3 aromatic carbocycles. The van der Waals surface area contributed by atoms with E-state index in [0.29, 0.717) is 37.7 Å². The average Bonchev–Trinajstić information content (AvgIpc) is 2.91. The molecule has 0 bridgehead atoms. The Morgan fingerprint density at radius 3 is 1.79 bits per heavy atom. The topological polar surface area (TPSA) is 77.5 Å². The van der Waals surface area contributed by atoms with Crippen molar-refractivity contribution in [1.29, 1.82) is 0 Å². The van der Waals surface area contributed by atoms with Crippen LogP contribution in [0.3, 0.4) is 0 Å². The zero-order valence-corrected chi connectivity index (χ0v) is 18.9. The Hall–Kier alpha value is -4.20. The Labute approximate surface area is 197 Å². The second kappa shape index (κ2) is 8.97. The summed E-state index contributed by atoms with van der Waals surface area (Å²) < 4.78 is 21.8. The van der Waals surface area contributed by atoms with Crippen molar-refractivity contribution in [3.05, 3.63) is 82.9 Å². The smallest absolute Gasteiger partial charge is 0.337 e. The molecule has 8 heteroatoms. The molecule has 2 heterocycles. The van der Waals surface area contributed by atoms with Gasteiger partial charge in [0.05, 0.1) is 37.5 Å². The summed E-state index contributed by atoms with van der Waals surface area (Å²) in [5, 5.41) is 0. The average molecular weight is 460 g/mol. The van der Waals surface area contributed by atoms with E-state index < -0.39 is 0 Å². The lowest BCUT2D eigenvalue weighted by Crippen LogP contribution is -2.35. The zero-order chi connectivity index (χ0) is 23.7. The number of esters is 2. The van der Waals surface area contributed by atoms with Crippen molar-refractivity contribution in [2.75, 3.05) is 37.5 Å². The quantitative estimate of drug-likeness (QED) is 0.542. The molecule has 3 aromatic rings. The van der Waals surface area contributed by atoms with Crippen LogP contribution in [-0.2, 0) is 22.6 Å². The molecule has 0 N–H and O–H groups in total. The molecule has 5 rings (SSSR count). The molecule has 0 aliphatic carbocycles. The first-order valence-corrected chi connectivity index (χ1v) is 10.8. The normalized spacial score (nSPS) is 14.3. The van der Waals surface area contributed by atoms with E-state index in [1.807, 2.05) is 36.4 Å². The molecule has 34 heavy (non-hydrogen) atoms. The van der Waals surface area contributed by atoms with Crippen molar-refractivity contribution in [3.8, 4) is 11.5 Å². The molecule has 0 spiro atoms. The molecule has 0 fully saturated rings. The van der Waals surface area contributed by atoms with E-state index in [1.165, 1.54) is 14.2 Å². The standard InChI is InChI=1S/C26H24N2O6/c1-31-25(29)17-3-8-20(9-4-17)27-13-19-7-12-23-22(24(19)34-16-27)14-28(15-33-23)21-10-5-18(6-11-21)26(30)32-2/h3-12H,13-16H2,1-2H3. The van der Waals surface area contributed by atoms with Gasteiger partial charge in [-0.1, -0.05) is 0 Å². The van der Waals surface area contributed by atoms with Gasteiger partial charge < -0.3 is 28.7 Å². The first kappa shape index (κ1) is 21.6. The molecule has 0 amide bonds. The highest BCUT2D eigenvalue weighted by atomic mass is 16.5. The third kappa shape index (κ3) is 3.98. The van der Waals surface area contributed by atoms with Crippen LogP contribution < -0.4 is 19.3 Å². The van der Waals surface area contributed by atoms with Gasteiger partial charge in [0.1, 0.15) is 11.5 Å². The lowest BCUT2D eigenvalue weighted by Gasteiger charge is -2.36. The summed E-state index contributed by atoms with van der Waals surface area (Å²) in [6.07, 6.45) is 0. The number of methoxy groups -OCH3 is 2. The van der Waals surface area contributed by atoms with Crippen molar-refractivity contribution in [2.45, 2.75) is 13.1 Å². The molecule has 0 unspecified atom stereocenters. The van der Waals surface area contributed by atoms with Gasteiger partial charge >= 0.3 is 11.9 Å². The van der Waals surface area contributed by atoms with Crippen LogP contribution in [0.2, 0.25) is 0 Å². The molecule has 0 radical (unpaired) electrons. The van der Waals surface area contributed by atoms with E-state index in [2.05, 4.69) is 9.80 Å². The lowest BCUT2D eigenvalue weighted by atomic mass is 10.0. The van der Waals surface area contributed by atoms with Gasteiger partial charge in [0.25, 0.3) is 0 Å². The summed E-state index contributed by atoms with van der Waals surface area (Å²) in [6.45, 7) is 2.09. The van der Waals surface area contributed by atoms with Gasteiger partial charge in [0.15, 0.2) is 13.5 Å². The number of rotatable bonds is 4. The maximum Gasteiger partial charge on any atom is 0.337 e. The van der Waals surface area contributed by atoms with Crippen molar-refractivity contribution in [2.24, 2.45) is 0 Å². The highest BCUT2D eigenvalue weighted by Crippen LogP contribution is 2.40. The summed E-state index contributed by atoms with van der Waals surface area (Å²) in [4.78, 5) is 27.6. The van der Waals surface area contributed by atoms with Crippen LogP contribution in [0.15, 0.2) is 60.7 Å². The van der Waals surface area contributed by atoms with E-state index in [0.717, 1.165) is 34.0 Å². The Kier molecular flexibility index (Phi) is 5.71. The summed E-state index contributed by atoms with van der Waals surface area (Å²) >= 11 is 0. The van der Waals surface area contributed by atoms with Crippen LogP contribution in [0.25, 0.3) is 0 Å². The van der Waals surface area contributed by atoms with E-state index in [1.54, 1.807) is 24.3 Å². The van der Waals surface area contributed by atoms with Gasteiger partial charge in [-0.25, -0.2) is 9.59 Å². The summed E-state index contributed by atoms with van der Waals surface area (Å²) in [7, 11) is 2.74. The molecule has 2 aliphatic heterocycles. The number of nitrogens with zero attached hydrogens (tertiary/aromatic N) is 2. The third-order valence-corrected chi connectivity index (χ3v) is 6.06. The lowest BCUT2D eigenvalue weighted by molar-refractivity contribution is 0.0592. The number of anilines is 2. The first-order chi connectivity index (χ1) is 16.6. The monoisotopic (exact) mass is 460 g/mol. The van der Waals surface area contributed by atoms with Gasteiger partial charge in [0.2, 0.25) is 0 Å². The highest BCUT2D eigenvalue weighted by molar-refractivity contribution is 5.90. The van der Waals surface area contributed by atoms with Gasteiger partial charge in [-0.3, -0.25) is 0 Å². The predicted molar refractivity (Wildman–Crippen MR) is 125 cm³/mol. The number of carbonyl (C=O) groups excluding carboxylic acids is 2. The highest BCUT2D eigenvalue weighted by Gasteiger charge is 2.27. The van der Waals surface area contributed by atoms with Crippen LogP contribution in [0.5, 0.6) is 11.5 Å². The molecule has 8 nitrogen and oxygen atoms in total. The van der Waals surface area contributed by atoms with E-state index in [9.17, 15) is 9.59 Å². The third-order valence-electron chi connectivity index (χ3n) is 6.06. The SMILES string of the molecule is COC(=O)c1ccc(N2COc3c(ccc4c3CN(c3ccc(C(=O)OC)cc3)CO4)C2)cc1. The largest absolute Gasteiger partial charge is 0.473 e. The zero-order valence-electron chi connectivity index (χ0n) is 18.9. The van der Waals surface area contributed by atoms with Crippen LogP contribution in [-0.4, -0.2) is 39.6 Å². The first-order valence-electron chi connectivity index (χ1n) is 10.8. The maximum absolute atomic E-state index is 11.7. The van der Waals surface area contributed by atoms with Crippen molar-refractivity contribution < 1.29 is 28.5 Å².